The third-order valence-corrected chi connectivity index (χ3v) is 16.8. The van der Waals surface area contributed by atoms with E-state index in [0.29, 0.717) is 0 Å². The van der Waals surface area contributed by atoms with Crippen molar-refractivity contribution in [3.8, 4) is 22.7 Å². The lowest BCUT2D eigenvalue weighted by atomic mass is 9.34. The van der Waals surface area contributed by atoms with Gasteiger partial charge in [-0.25, -0.2) is 0 Å². The van der Waals surface area contributed by atoms with Gasteiger partial charge in [0, 0.05) is 65.8 Å². The lowest BCUT2D eigenvalue weighted by molar-refractivity contribution is 1.14. The highest BCUT2D eigenvalue weighted by Crippen LogP contribution is 2.45. The highest BCUT2D eigenvalue weighted by molar-refractivity contribution is 6.96. The Bertz CT molecular complexity index is 4580. The summed E-state index contributed by atoms with van der Waals surface area (Å²) in [6.07, 6.45) is 0. The van der Waals surface area contributed by atoms with Crippen LogP contribution in [0.25, 0.3) is 110 Å². The van der Waals surface area contributed by atoms with Gasteiger partial charge >= 0.3 is 0 Å². The largest absolute Gasteiger partial charge is 0.309 e. The first-order valence-corrected chi connectivity index (χ1v) is 27.0. The average Bonchev–Trinajstić information content (AvgIpc) is 4.38. The highest BCUT2D eigenvalue weighted by atomic mass is 15.0. The summed E-state index contributed by atoms with van der Waals surface area (Å²) in [4.78, 5) is 0. The molecule has 0 unspecified atom stereocenters. The molecule has 15 rings (SSSR count). The molecule has 0 saturated carbocycles. The van der Waals surface area contributed by atoms with Crippen LogP contribution in [-0.4, -0.2) is 25.0 Å². The molecule has 4 nitrogen and oxygen atoms in total. The Hall–Kier alpha value is -9.32. The van der Waals surface area contributed by atoms with Gasteiger partial charge in [0.05, 0.1) is 44.1 Å². The van der Waals surface area contributed by atoms with Gasteiger partial charge in [0.15, 0.2) is 0 Å². The van der Waals surface area contributed by atoms with Gasteiger partial charge in [-0.15, -0.1) is 0 Å². The molecule has 0 saturated heterocycles. The van der Waals surface area contributed by atoms with Crippen molar-refractivity contribution in [3.05, 3.63) is 258 Å². The van der Waals surface area contributed by atoms with Crippen LogP contribution in [0.15, 0.2) is 224 Å². The lowest BCUT2D eigenvalue weighted by Crippen LogP contribution is -2.56. The van der Waals surface area contributed by atoms with Crippen molar-refractivity contribution in [2.24, 2.45) is 0 Å². The molecule has 0 radical (unpaired) electrons. The monoisotopic (exact) mass is 986 g/mol. The van der Waals surface area contributed by atoms with Gasteiger partial charge in [0.25, 0.3) is 0 Å². The minimum atomic E-state index is -0.0734. The number of para-hydroxylation sites is 6. The van der Waals surface area contributed by atoms with E-state index in [-0.39, 0.29) is 6.71 Å². The van der Waals surface area contributed by atoms with Crippen LogP contribution >= 0.6 is 0 Å². The van der Waals surface area contributed by atoms with Gasteiger partial charge in [-0.3, -0.25) is 0 Å². The summed E-state index contributed by atoms with van der Waals surface area (Å²) < 4.78 is 10.1. The van der Waals surface area contributed by atoms with Gasteiger partial charge < -0.3 is 18.3 Å². The molecule has 366 valence electrons. The molecule has 0 fully saturated rings. The number of nitrogens with zero attached hydrogens (tertiary/aromatic N) is 4. The Labute approximate surface area is 448 Å². The second kappa shape index (κ2) is 17.1. The van der Waals surface area contributed by atoms with Crippen LogP contribution in [0.5, 0.6) is 0 Å². The zero-order chi connectivity index (χ0) is 51.8. The molecule has 4 aromatic heterocycles. The molecule has 15 aromatic rings. The molecule has 11 aromatic carbocycles. The average molecular weight is 987 g/mol. The first-order chi connectivity index (χ1) is 37.7. The van der Waals surface area contributed by atoms with Crippen LogP contribution < -0.4 is 16.4 Å². The normalized spacial score (nSPS) is 12.0. The predicted octanol–water partition coefficient (Wildman–Crippen LogP) is 16.4. The van der Waals surface area contributed by atoms with E-state index >= 15 is 0 Å². The maximum absolute atomic E-state index is 2.56. The van der Waals surface area contributed by atoms with Crippen LogP contribution in [0.4, 0.5) is 0 Å². The fourth-order valence-corrected chi connectivity index (χ4v) is 14.1. The predicted molar refractivity (Wildman–Crippen MR) is 330 cm³/mol. The SMILES string of the molecule is Cc1cc(C)c(B(c2cc(-n3c4ccccc4c4c3ccc3c5ccccc5n(-c5ccccc5)c34)cc(-n3c4ccccc4c4c3ccc3c5ccccc5n(-c5ccccc5)c34)c2)c2c(C)cc(C)cc2C)c(C)c1. The van der Waals surface area contributed by atoms with Crippen LogP contribution in [-0.2, 0) is 0 Å². The zero-order valence-electron chi connectivity index (χ0n) is 44.2. The third-order valence-electron chi connectivity index (χ3n) is 16.8. The van der Waals surface area contributed by atoms with Crippen molar-refractivity contribution in [1.29, 1.82) is 0 Å². The van der Waals surface area contributed by atoms with E-state index in [1.807, 2.05) is 0 Å². The van der Waals surface area contributed by atoms with E-state index in [1.54, 1.807) is 0 Å². The molecule has 0 aliphatic rings. The Morgan fingerprint density at radius 2 is 0.597 bits per heavy atom. The molecular formula is C72H55BN4. The number of fused-ring (bicyclic) bond motifs is 14. The topological polar surface area (TPSA) is 19.7 Å². The quantitative estimate of drug-likeness (QED) is 0.142. The molecule has 0 N–H and O–H groups in total. The van der Waals surface area contributed by atoms with Gasteiger partial charge in [0.1, 0.15) is 0 Å². The molecule has 0 amide bonds. The van der Waals surface area contributed by atoms with E-state index in [4.69, 9.17) is 0 Å². The Morgan fingerprint density at radius 3 is 0.987 bits per heavy atom. The van der Waals surface area contributed by atoms with Gasteiger partial charge in [-0.05, 0) is 120 Å². The lowest BCUT2D eigenvalue weighted by Gasteiger charge is -2.26. The summed E-state index contributed by atoms with van der Waals surface area (Å²) >= 11 is 0. The number of hydrogen-bond acceptors (Lipinski definition) is 0. The minimum Gasteiger partial charge on any atom is -0.309 e. The standard InChI is InChI=1S/C72H55BN4/c1-44-37-46(3)69(47(4)38-44)73(70-48(5)39-45(2)40-49(70)6)50-41-53(74-63-31-19-15-27-59(63)67-65(74)35-33-57-55-25-13-17-29-61(55)76(71(57)67)51-21-9-7-10-22-51)43-54(42-50)75-64-32-20-16-28-60(64)68-66(75)36-34-58-56-26-14-18-30-62(56)77(72(58)68)52-23-11-8-12-24-52/h7-43H,1-6H3. The Morgan fingerprint density at radius 1 is 0.260 bits per heavy atom. The van der Waals surface area contributed by atoms with Crippen molar-refractivity contribution < 1.29 is 0 Å². The minimum absolute atomic E-state index is 0.0734. The molecule has 4 heterocycles. The first-order valence-electron chi connectivity index (χ1n) is 27.0. The summed E-state index contributed by atoms with van der Waals surface area (Å²) in [6, 6.07) is 84.2. The number of aryl methyl sites for hydroxylation is 6. The van der Waals surface area contributed by atoms with Crippen LogP contribution in [0.2, 0.25) is 0 Å². The zero-order valence-corrected chi connectivity index (χ0v) is 44.2. The maximum atomic E-state index is 2.56. The molecule has 0 atom stereocenters. The van der Waals surface area contributed by atoms with Crippen LogP contribution in [0.3, 0.4) is 0 Å². The van der Waals surface area contributed by atoms with Crippen molar-refractivity contribution >= 4 is 110 Å². The summed E-state index contributed by atoms with van der Waals surface area (Å²) in [5, 5.41) is 9.91. The van der Waals surface area contributed by atoms with Crippen molar-refractivity contribution in [2.75, 3.05) is 0 Å². The number of hydrogen-bond donors (Lipinski definition) is 0. The number of benzene rings is 11. The molecular weight excluding hydrogens is 932 g/mol. The summed E-state index contributed by atoms with van der Waals surface area (Å²) in [5.74, 6) is 0. The van der Waals surface area contributed by atoms with Crippen molar-refractivity contribution in [3.63, 3.8) is 0 Å². The molecule has 0 aliphatic heterocycles. The number of aromatic nitrogens is 4. The summed E-state index contributed by atoms with van der Waals surface area (Å²) in [7, 11) is 0. The van der Waals surface area contributed by atoms with Gasteiger partial charge in [-0.2, -0.15) is 0 Å². The Balaban J connectivity index is 1.11. The van der Waals surface area contributed by atoms with E-state index in [2.05, 4.69) is 284 Å². The van der Waals surface area contributed by atoms with E-state index in [0.717, 1.165) is 22.7 Å². The number of rotatable bonds is 7. The van der Waals surface area contributed by atoms with E-state index < -0.39 is 0 Å². The fraction of sp³-hybridized carbons (Fsp3) is 0.0833. The second-order valence-electron chi connectivity index (χ2n) is 21.6. The van der Waals surface area contributed by atoms with E-state index in [1.165, 1.54) is 137 Å². The fourth-order valence-electron chi connectivity index (χ4n) is 14.1. The summed E-state index contributed by atoms with van der Waals surface area (Å²) in [6.45, 7) is 13.7. The highest BCUT2D eigenvalue weighted by Gasteiger charge is 2.31. The molecule has 0 spiro atoms. The van der Waals surface area contributed by atoms with Gasteiger partial charge in [-0.1, -0.05) is 195 Å². The Kier molecular flexibility index (Phi) is 10.0. The molecule has 0 bridgehead atoms. The molecule has 5 heteroatoms. The van der Waals surface area contributed by atoms with Crippen molar-refractivity contribution in [1.82, 2.24) is 18.3 Å². The van der Waals surface area contributed by atoms with Crippen molar-refractivity contribution in [2.45, 2.75) is 41.5 Å². The third kappa shape index (κ3) is 6.66. The van der Waals surface area contributed by atoms with Crippen LogP contribution in [0, 0.1) is 41.5 Å². The summed E-state index contributed by atoms with van der Waals surface area (Å²) in [5.41, 5.74) is 25.8. The molecule has 77 heavy (non-hydrogen) atoms. The van der Waals surface area contributed by atoms with Gasteiger partial charge in [0.2, 0.25) is 6.71 Å². The second-order valence-corrected chi connectivity index (χ2v) is 21.6. The molecule has 0 aliphatic carbocycles. The van der Waals surface area contributed by atoms with Crippen LogP contribution in [0.1, 0.15) is 33.4 Å². The van der Waals surface area contributed by atoms with E-state index in [9.17, 15) is 0 Å². The first kappa shape index (κ1) is 45.1. The maximum Gasteiger partial charge on any atom is 0.242 e. The smallest absolute Gasteiger partial charge is 0.242 e.